The van der Waals surface area contributed by atoms with Crippen LogP contribution in [-0.2, 0) is 10.0 Å². The molecule has 17 heavy (non-hydrogen) atoms. The highest BCUT2D eigenvalue weighted by molar-refractivity contribution is 9.10. The Labute approximate surface area is 106 Å². The van der Waals surface area contributed by atoms with E-state index < -0.39 is 27.3 Å². The van der Waals surface area contributed by atoms with Crippen LogP contribution < -0.4 is 4.72 Å². The van der Waals surface area contributed by atoms with Gasteiger partial charge in [0.15, 0.2) is 0 Å². The van der Waals surface area contributed by atoms with E-state index in [9.17, 15) is 18.5 Å². The molecule has 0 bridgehead atoms. The molecule has 0 spiro atoms. The fourth-order valence-corrected chi connectivity index (χ4v) is 2.37. The third-order valence-electron chi connectivity index (χ3n) is 1.79. The van der Waals surface area contributed by atoms with Gasteiger partial charge in [0.2, 0.25) is 10.0 Å². The van der Waals surface area contributed by atoms with E-state index in [1.54, 1.807) is 0 Å². The molecule has 0 aromatic heterocycles. The molecule has 0 saturated heterocycles. The molecule has 2 N–H and O–H groups in total. The molecule has 94 valence electrons. The van der Waals surface area contributed by atoms with E-state index in [0.717, 1.165) is 6.07 Å². The van der Waals surface area contributed by atoms with Gasteiger partial charge in [0, 0.05) is 16.6 Å². The fourth-order valence-electron chi connectivity index (χ4n) is 1.04. The van der Waals surface area contributed by atoms with Crippen LogP contribution in [0.5, 0.6) is 0 Å². The van der Waals surface area contributed by atoms with Crippen LogP contribution in [0.3, 0.4) is 0 Å². The molecule has 0 amide bonds. The number of nitro groups is 1. The molecular formula is C8H9BrN2O5S. The largest absolute Gasteiger partial charge is 0.395 e. The summed E-state index contributed by atoms with van der Waals surface area (Å²) < 4.78 is 25.3. The Morgan fingerprint density at radius 2 is 2.12 bits per heavy atom. The van der Waals surface area contributed by atoms with Gasteiger partial charge in [-0.15, -0.1) is 0 Å². The van der Waals surface area contributed by atoms with Crippen LogP contribution >= 0.6 is 15.9 Å². The van der Waals surface area contributed by atoms with Crippen molar-refractivity contribution in [3.8, 4) is 0 Å². The topological polar surface area (TPSA) is 110 Å². The number of hydrogen-bond acceptors (Lipinski definition) is 5. The Kier molecular flexibility index (Phi) is 4.43. The number of anilines is 1. The van der Waals surface area contributed by atoms with Crippen molar-refractivity contribution in [3.63, 3.8) is 0 Å². The van der Waals surface area contributed by atoms with E-state index in [1.165, 1.54) is 12.1 Å². The molecule has 0 radical (unpaired) electrons. The monoisotopic (exact) mass is 324 g/mol. The first-order valence-corrected chi connectivity index (χ1v) is 6.85. The van der Waals surface area contributed by atoms with Crippen molar-refractivity contribution >= 4 is 37.3 Å². The second-order valence-electron chi connectivity index (χ2n) is 3.07. The Balaban J connectivity index is 3.06. The maximum absolute atomic E-state index is 11.4. The molecule has 1 aromatic rings. The maximum atomic E-state index is 11.4. The standard InChI is InChI=1S/C8H9BrN2O5S/c9-7-2-1-6(11(13)14)5-8(7)10-17(15,16)4-3-12/h1-2,5,10,12H,3-4H2. The molecular weight excluding hydrogens is 316 g/mol. The molecule has 0 aliphatic heterocycles. The molecule has 7 nitrogen and oxygen atoms in total. The van der Waals surface area contributed by atoms with E-state index >= 15 is 0 Å². The van der Waals surface area contributed by atoms with Crippen LogP contribution in [0, 0.1) is 10.1 Å². The lowest BCUT2D eigenvalue weighted by Gasteiger charge is -2.08. The number of hydrogen-bond donors (Lipinski definition) is 2. The maximum Gasteiger partial charge on any atom is 0.271 e. The van der Waals surface area contributed by atoms with Crippen molar-refractivity contribution in [1.29, 1.82) is 0 Å². The zero-order chi connectivity index (χ0) is 13.1. The molecule has 9 heteroatoms. The third-order valence-corrected chi connectivity index (χ3v) is 3.73. The van der Waals surface area contributed by atoms with Gasteiger partial charge < -0.3 is 5.11 Å². The predicted octanol–water partition coefficient (Wildman–Crippen LogP) is 1.09. The van der Waals surface area contributed by atoms with Crippen molar-refractivity contribution < 1.29 is 18.4 Å². The summed E-state index contributed by atoms with van der Waals surface area (Å²) in [7, 11) is -3.70. The molecule has 1 rings (SSSR count). The van der Waals surface area contributed by atoms with Gasteiger partial charge >= 0.3 is 0 Å². The van der Waals surface area contributed by atoms with Crippen LogP contribution in [0.15, 0.2) is 22.7 Å². The zero-order valence-corrected chi connectivity index (χ0v) is 10.9. The summed E-state index contributed by atoms with van der Waals surface area (Å²) in [6, 6.07) is 3.71. The van der Waals surface area contributed by atoms with E-state index in [2.05, 4.69) is 20.7 Å². The molecule has 0 aliphatic carbocycles. The Bertz CT molecular complexity index is 531. The van der Waals surface area contributed by atoms with Crippen LogP contribution in [0.4, 0.5) is 11.4 Å². The summed E-state index contributed by atoms with van der Waals surface area (Å²) in [5.74, 6) is -0.470. The predicted molar refractivity (Wildman–Crippen MR) is 65.3 cm³/mol. The molecule has 0 atom stereocenters. The normalized spacial score (nSPS) is 11.2. The number of halogens is 1. The summed E-state index contributed by atoms with van der Waals surface area (Å²) >= 11 is 3.07. The quantitative estimate of drug-likeness (QED) is 0.622. The SMILES string of the molecule is O=[N+]([O-])c1ccc(Br)c(NS(=O)(=O)CCO)c1. The van der Waals surface area contributed by atoms with Gasteiger partial charge in [-0.2, -0.15) is 0 Å². The average molecular weight is 325 g/mol. The lowest BCUT2D eigenvalue weighted by atomic mass is 10.3. The van der Waals surface area contributed by atoms with Crippen LogP contribution in [0.2, 0.25) is 0 Å². The fraction of sp³-hybridized carbons (Fsp3) is 0.250. The second-order valence-corrected chi connectivity index (χ2v) is 5.76. The van der Waals surface area contributed by atoms with Crippen molar-refractivity contribution in [2.24, 2.45) is 0 Å². The van der Waals surface area contributed by atoms with Crippen LogP contribution in [-0.4, -0.2) is 30.8 Å². The zero-order valence-electron chi connectivity index (χ0n) is 8.46. The minimum atomic E-state index is -3.70. The molecule has 0 heterocycles. The molecule has 1 aromatic carbocycles. The Morgan fingerprint density at radius 3 is 2.65 bits per heavy atom. The number of nitrogens with zero attached hydrogens (tertiary/aromatic N) is 1. The number of non-ortho nitro benzene ring substituents is 1. The summed E-state index contributed by atoms with van der Waals surface area (Å²) in [6.45, 7) is -0.526. The minimum Gasteiger partial charge on any atom is -0.395 e. The smallest absolute Gasteiger partial charge is 0.271 e. The van der Waals surface area contributed by atoms with Crippen molar-refractivity contribution in [2.75, 3.05) is 17.1 Å². The number of aliphatic hydroxyl groups is 1. The van der Waals surface area contributed by atoms with Gasteiger partial charge in [-0.1, -0.05) is 0 Å². The minimum absolute atomic E-state index is 0.0626. The number of nitro benzene ring substituents is 1. The lowest BCUT2D eigenvalue weighted by molar-refractivity contribution is -0.384. The van der Waals surface area contributed by atoms with Gasteiger partial charge in [0.05, 0.1) is 23.0 Å². The van der Waals surface area contributed by atoms with Gasteiger partial charge in [0.25, 0.3) is 5.69 Å². The lowest BCUT2D eigenvalue weighted by Crippen LogP contribution is -2.19. The van der Waals surface area contributed by atoms with E-state index in [-0.39, 0.29) is 11.4 Å². The first-order chi connectivity index (χ1) is 7.85. The van der Waals surface area contributed by atoms with E-state index in [4.69, 9.17) is 5.11 Å². The van der Waals surface area contributed by atoms with Crippen LogP contribution in [0.1, 0.15) is 0 Å². The number of nitrogens with one attached hydrogen (secondary N) is 1. The number of rotatable bonds is 5. The third kappa shape index (κ3) is 3.95. The second kappa shape index (κ2) is 5.43. The molecule has 0 fully saturated rings. The van der Waals surface area contributed by atoms with E-state index in [1.807, 2.05) is 0 Å². The highest BCUT2D eigenvalue weighted by atomic mass is 79.9. The Morgan fingerprint density at radius 1 is 1.47 bits per heavy atom. The first kappa shape index (κ1) is 13.9. The molecule has 0 unspecified atom stereocenters. The summed E-state index contributed by atoms with van der Waals surface area (Å²) in [6.07, 6.45) is 0. The summed E-state index contributed by atoms with van der Waals surface area (Å²) in [5.41, 5.74) is -0.164. The average Bonchev–Trinajstić information content (AvgIpc) is 2.20. The van der Waals surface area contributed by atoms with Gasteiger partial charge in [-0.05, 0) is 22.0 Å². The van der Waals surface area contributed by atoms with Crippen molar-refractivity contribution in [2.45, 2.75) is 0 Å². The summed E-state index contributed by atoms with van der Waals surface area (Å²) in [4.78, 5) is 9.90. The highest BCUT2D eigenvalue weighted by Gasteiger charge is 2.15. The van der Waals surface area contributed by atoms with Crippen molar-refractivity contribution in [3.05, 3.63) is 32.8 Å². The van der Waals surface area contributed by atoms with Gasteiger partial charge in [-0.25, -0.2) is 8.42 Å². The summed E-state index contributed by atoms with van der Waals surface area (Å²) in [5, 5.41) is 19.1. The molecule has 0 aliphatic rings. The Hall–Kier alpha value is -1.19. The van der Waals surface area contributed by atoms with Crippen molar-refractivity contribution in [1.82, 2.24) is 0 Å². The van der Waals surface area contributed by atoms with Crippen LogP contribution in [0.25, 0.3) is 0 Å². The first-order valence-electron chi connectivity index (χ1n) is 4.41. The van der Waals surface area contributed by atoms with E-state index in [0.29, 0.717) is 4.47 Å². The highest BCUT2D eigenvalue weighted by Crippen LogP contribution is 2.27. The van der Waals surface area contributed by atoms with Gasteiger partial charge in [0.1, 0.15) is 0 Å². The number of aliphatic hydroxyl groups excluding tert-OH is 1. The number of benzene rings is 1. The number of sulfonamides is 1. The molecule has 0 saturated carbocycles. The van der Waals surface area contributed by atoms with Gasteiger partial charge in [-0.3, -0.25) is 14.8 Å².